The second kappa shape index (κ2) is 6.28. The summed E-state index contributed by atoms with van der Waals surface area (Å²) in [5.74, 6) is -0.546. The van der Waals surface area contributed by atoms with Crippen molar-refractivity contribution in [2.24, 2.45) is 5.10 Å². The van der Waals surface area contributed by atoms with Gasteiger partial charge in [-0.05, 0) is 43.3 Å². The number of aromatic hydroxyl groups is 2. The number of phenolic OH excluding ortho intramolecular Hbond substituents is 2. The summed E-state index contributed by atoms with van der Waals surface area (Å²) in [6.45, 7) is 1.63. The first-order chi connectivity index (χ1) is 9.97. The van der Waals surface area contributed by atoms with Crippen molar-refractivity contribution in [3.63, 3.8) is 0 Å². The molecule has 5 nitrogen and oxygen atoms in total. The van der Waals surface area contributed by atoms with E-state index in [4.69, 9.17) is 11.6 Å². The van der Waals surface area contributed by atoms with Gasteiger partial charge in [-0.2, -0.15) is 5.10 Å². The molecule has 0 unspecified atom stereocenters. The first-order valence-corrected chi connectivity index (χ1v) is 6.47. The Hall–Kier alpha value is -2.53. The standard InChI is InChI=1S/C15H13ClN2O3/c1-9(13-7-6-12(19)8-14(13)20)17-18-15(21)10-2-4-11(16)5-3-10/h2-8,19-20H,1H3,(H,18,21). The molecule has 0 saturated carbocycles. The van der Waals surface area contributed by atoms with Crippen molar-refractivity contribution in [1.29, 1.82) is 0 Å². The van der Waals surface area contributed by atoms with Crippen LogP contribution in [0.5, 0.6) is 11.5 Å². The number of amides is 1. The first kappa shape index (κ1) is 14.9. The lowest BCUT2D eigenvalue weighted by Gasteiger charge is -2.05. The van der Waals surface area contributed by atoms with Gasteiger partial charge in [-0.25, -0.2) is 5.43 Å². The van der Waals surface area contributed by atoms with Crippen LogP contribution < -0.4 is 5.43 Å². The zero-order valence-electron chi connectivity index (χ0n) is 11.2. The maximum Gasteiger partial charge on any atom is 0.271 e. The molecule has 1 amide bonds. The van der Waals surface area contributed by atoms with E-state index in [1.54, 1.807) is 31.2 Å². The fraction of sp³-hybridized carbons (Fsp3) is 0.0667. The lowest BCUT2D eigenvalue weighted by atomic mass is 10.1. The molecule has 0 spiro atoms. The van der Waals surface area contributed by atoms with E-state index in [9.17, 15) is 15.0 Å². The molecule has 0 bridgehead atoms. The molecule has 21 heavy (non-hydrogen) atoms. The summed E-state index contributed by atoms with van der Waals surface area (Å²) in [7, 11) is 0. The molecular weight excluding hydrogens is 292 g/mol. The molecule has 0 aromatic heterocycles. The SMILES string of the molecule is CC(=NNC(=O)c1ccc(Cl)cc1)c1ccc(O)cc1O. The maximum atomic E-state index is 11.9. The Morgan fingerprint density at radius 3 is 2.43 bits per heavy atom. The second-order valence-electron chi connectivity index (χ2n) is 4.35. The number of halogens is 1. The predicted molar refractivity (Wildman–Crippen MR) is 80.9 cm³/mol. The van der Waals surface area contributed by atoms with Crippen LogP contribution in [0.15, 0.2) is 47.6 Å². The van der Waals surface area contributed by atoms with E-state index in [2.05, 4.69) is 10.5 Å². The molecule has 0 radical (unpaired) electrons. The molecule has 0 aliphatic heterocycles. The quantitative estimate of drug-likeness (QED) is 0.602. The Kier molecular flexibility index (Phi) is 4.45. The number of nitrogens with one attached hydrogen (secondary N) is 1. The molecule has 0 saturated heterocycles. The van der Waals surface area contributed by atoms with Crippen molar-refractivity contribution in [3.05, 3.63) is 58.6 Å². The monoisotopic (exact) mass is 304 g/mol. The van der Waals surface area contributed by atoms with Gasteiger partial charge in [-0.1, -0.05) is 11.6 Å². The molecule has 3 N–H and O–H groups in total. The van der Waals surface area contributed by atoms with Gasteiger partial charge in [0.25, 0.3) is 5.91 Å². The number of hydrogen-bond donors (Lipinski definition) is 3. The van der Waals surface area contributed by atoms with Gasteiger partial charge in [0.15, 0.2) is 0 Å². The highest BCUT2D eigenvalue weighted by molar-refractivity contribution is 6.30. The number of benzene rings is 2. The number of hydrazone groups is 1. The molecule has 0 atom stereocenters. The summed E-state index contributed by atoms with van der Waals surface area (Å²) in [4.78, 5) is 11.9. The highest BCUT2D eigenvalue weighted by atomic mass is 35.5. The number of carbonyl (C=O) groups is 1. The van der Waals surface area contributed by atoms with Crippen LogP contribution in [0.25, 0.3) is 0 Å². The Labute approximate surface area is 126 Å². The van der Waals surface area contributed by atoms with Crippen molar-refractivity contribution < 1.29 is 15.0 Å². The highest BCUT2D eigenvalue weighted by Crippen LogP contribution is 2.22. The Morgan fingerprint density at radius 1 is 1.14 bits per heavy atom. The van der Waals surface area contributed by atoms with Gasteiger partial charge in [0, 0.05) is 22.2 Å². The number of nitrogens with zero attached hydrogens (tertiary/aromatic N) is 1. The zero-order valence-corrected chi connectivity index (χ0v) is 11.9. The fourth-order valence-corrected chi connectivity index (χ4v) is 1.81. The molecule has 0 heterocycles. The average Bonchev–Trinajstić information content (AvgIpc) is 2.45. The Balaban J connectivity index is 2.12. The minimum Gasteiger partial charge on any atom is -0.508 e. The molecule has 6 heteroatoms. The zero-order chi connectivity index (χ0) is 15.4. The number of rotatable bonds is 3. The lowest BCUT2D eigenvalue weighted by molar-refractivity contribution is 0.0955. The molecule has 2 aromatic rings. The molecule has 2 rings (SSSR count). The smallest absolute Gasteiger partial charge is 0.271 e. The van der Waals surface area contributed by atoms with Crippen LogP contribution in [0.2, 0.25) is 5.02 Å². The van der Waals surface area contributed by atoms with Crippen molar-refractivity contribution in [3.8, 4) is 11.5 Å². The lowest BCUT2D eigenvalue weighted by Crippen LogP contribution is -2.19. The summed E-state index contributed by atoms with van der Waals surface area (Å²) in [6.07, 6.45) is 0. The van der Waals surface area contributed by atoms with Crippen LogP contribution in [0.3, 0.4) is 0 Å². The third-order valence-electron chi connectivity index (χ3n) is 2.80. The van der Waals surface area contributed by atoms with Gasteiger partial charge >= 0.3 is 0 Å². The molecule has 108 valence electrons. The van der Waals surface area contributed by atoms with Gasteiger partial charge in [0.1, 0.15) is 11.5 Å². The van der Waals surface area contributed by atoms with Crippen LogP contribution in [0, 0.1) is 0 Å². The van der Waals surface area contributed by atoms with E-state index in [1.807, 2.05) is 0 Å². The van der Waals surface area contributed by atoms with Crippen LogP contribution >= 0.6 is 11.6 Å². The van der Waals surface area contributed by atoms with E-state index in [0.29, 0.717) is 21.9 Å². The van der Waals surface area contributed by atoms with Crippen LogP contribution in [-0.4, -0.2) is 21.8 Å². The third-order valence-corrected chi connectivity index (χ3v) is 3.05. The number of phenols is 2. The second-order valence-corrected chi connectivity index (χ2v) is 4.78. The van der Waals surface area contributed by atoms with Crippen molar-refractivity contribution in [2.45, 2.75) is 6.92 Å². The first-order valence-electron chi connectivity index (χ1n) is 6.10. The normalized spacial score (nSPS) is 11.2. The van der Waals surface area contributed by atoms with E-state index in [0.717, 1.165) is 0 Å². The van der Waals surface area contributed by atoms with E-state index in [-0.39, 0.29) is 17.4 Å². The summed E-state index contributed by atoms with van der Waals surface area (Å²) < 4.78 is 0. The number of carbonyl (C=O) groups excluding carboxylic acids is 1. The Morgan fingerprint density at radius 2 is 1.81 bits per heavy atom. The van der Waals surface area contributed by atoms with Gasteiger partial charge in [0.05, 0.1) is 5.71 Å². The predicted octanol–water partition coefficient (Wildman–Crippen LogP) is 2.91. The van der Waals surface area contributed by atoms with Gasteiger partial charge in [-0.15, -0.1) is 0 Å². The van der Waals surface area contributed by atoms with Crippen LogP contribution in [0.1, 0.15) is 22.8 Å². The molecule has 2 aromatic carbocycles. The van der Waals surface area contributed by atoms with E-state index < -0.39 is 0 Å². The Bertz CT molecular complexity index is 697. The van der Waals surface area contributed by atoms with Crippen molar-refractivity contribution >= 4 is 23.2 Å². The topological polar surface area (TPSA) is 81.9 Å². The summed E-state index contributed by atoms with van der Waals surface area (Å²) in [6, 6.07) is 10.5. The third kappa shape index (κ3) is 3.73. The van der Waals surface area contributed by atoms with Gasteiger partial charge < -0.3 is 10.2 Å². The average molecular weight is 305 g/mol. The molecular formula is C15H13ClN2O3. The van der Waals surface area contributed by atoms with Gasteiger partial charge in [-0.3, -0.25) is 4.79 Å². The van der Waals surface area contributed by atoms with Crippen molar-refractivity contribution in [1.82, 2.24) is 5.43 Å². The van der Waals surface area contributed by atoms with Crippen LogP contribution in [0.4, 0.5) is 0 Å². The van der Waals surface area contributed by atoms with Gasteiger partial charge in [0.2, 0.25) is 0 Å². The molecule has 0 aliphatic carbocycles. The van der Waals surface area contributed by atoms with Crippen molar-refractivity contribution in [2.75, 3.05) is 0 Å². The van der Waals surface area contributed by atoms with E-state index in [1.165, 1.54) is 18.2 Å². The van der Waals surface area contributed by atoms with E-state index >= 15 is 0 Å². The minimum atomic E-state index is -0.385. The minimum absolute atomic E-state index is 0.0470. The summed E-state index contributed by atoms with van der Waals surface area (Å²) in [5.41, 5.74) is 3.65. The summed E-state index contributed by atoms with van der Waals surface area (Å²) in [5, 5.41) is 23.4. The van der Waals surface area contributed by atoms with Crippen LogP contribution in [-0.2, 0) is 0 Å². The highest BCUT2D eigenvalue weighted by Gasteiger charge is 2.08. The summed E-state index contributed by atoms with van der Waals surface area (Å²) >= 11 is 5.75. The fourth-order valence-electron chi connectivity index (χ4n) is 1.69. The molecule has 0 aliphatic rings. The maximum absolute atomic E-state index is 11.9. The largest absolute Gasteiger partial charge is 0.508 e. The number of hydrogen-bond acceptors (Lipinski definition) is 4. The molecule has 0 fully saturated rings.